The number of rotatable bonds is 5. The van der Waals surface area contributed by atoms with Gasteiger partial charge in [0.1, 0.15) is 0 Å². The van der Waals surface area contributed by atoms with Crippen LogP contribution in [0.25, 0.3) is 0 Å². The maximum absolute atomic E-state index is 12.1. The van der Waals surface area contributed by atoms with Gasteiger partial charge in [0.2, 0.25) is 5.91 Å². The highest BCUT2D eigenvalue weighted by Crippen LogP contribution is 2.26. The Hall–Kier alpha value is -2.12. The molecule has 0 saturated carbocycles. The van der Waals surface area contributed by atoms with Crippen LogP contribution in [0.15, 0.2) is 18.2 Å². The van der Waals surface area contributed by atoms with Crippen molar-refractivity contribution in [1.82, 2.24) is 4.90 Å². The van der Waals surface area contributed by atoms with Crippen LogP contribution in [-0.2, 0) is 20.7 Å². The first-order chi connectivity index (χ1) is 10.0. The Bertz CT molecular complexity index is 543. The molecular formula is C14H19N3O4. The van der Waals surface area contributed by atoms with Crippen molar-refractivity contribution in [2.75, 3.05) is 38.4 Å². The molecule has 0 atom stereocenters. The van der Waals surface area contributed by atoms with Crippen molar-refractivity contribution in [2.24, 2.45) is 0 Å². The number of fused-ring (bicyclic) bond motifs is 1. The highest BCUT2D eigenvalue weighted by Gasteiger charge is 2.19. The average Bonchev–Trinajstić information content (AvgIpc) is 2.83. The van der Waals surface area contributed by atoms with E-state index in [1.54, 1.807) is 25.2 Å². The van der Waals surface area contributed by atoms with Crippen LogP contribution < -0.4 is 10.6 Å². The van der Waals surface area contributed by atoms with Crippen LogP contribution >= 0.6 is 0 Å². The summed E-state index contributed by atoms with van der Waals surface area (Å²) < 4.78 is 10.1. The van der Waals surface area contributed by atoms with Gasteiger partial charge in [-0.1, -0.05) is 0 Å². The van der Waals surface area contributed by atoms with Crippen molar-refractivity contribution < 1.29 is 19.1 Å². The number of carbonyl (C=O) groups is 2. The fourth-order valence-corrected chi connectivity index (χ4v) is 2.08. The van der Waals surface area contributed by atoms with Crippen molar-refractivity contribution in [2.45, 2.75) is 12.7 Å². The Kier molecular flexibility index (Phi) is 4.77. The summed E-state index contributed by atoms with van der Waals surface area (Å²) in [6.45, 7) is 0.309. The monoisotopic (exact) mass is 293 g/mol. The van der Waals surface area contributed by atoms with Crippen molar-refractivity contribution in [3.8, 4) is 0 Å². The molecule has 1 heterocycles. The van der Waals surface area contributed by atoms with Gasteiger partial charge in [-0.25, -0.2) is 4.79 Å². The number of likely N-dealkylation sites (N-methyl/N-ethyl adjacent to an activating group) is 1. The van der Waals surface area contributed by atoms with Gasteiger partial charge >= 0.3 is 6.03 Å². The zero-order valence-electron chi connectivity index (χ0n) is 12.3. The van der Waals surface area contributed by atoms with Gasteiger partial charge in [-0.2, -0.15) is 0 Å². The molecule has 1 aliphatic rings. The van der Waals surface area contributed by atoms with Crippen molar-refractivity contribution in [3.05, 3.63) is 23.8 Å². The number of ether oxygens (including phenoxy) is 2. The molecule has 1 aliphatic heterocycles. The summed E-state index contributed by atoms with van der Waals surface area (Å²) in [7, 11) is 4.69. The molecule has 2 rings (SSSR count). The van der Waals surface area contributed by atoms with E-state index >= 15 is 0 Å². The molecule has 0 aromatic heterocycles. The van der Waals surface area contributed by atoms with Gasteiger partial charge in [-0.05, 0) is 23.8 Å². The molecule has 0 saturated heterocycles. The zero-order chi connectivity index (χ0) is 15.4. The summed E-state index contributed by atoms with van der Waals surface area (Å²) in [4.78, 5) is 24.8. The zero-order valence-corrected chi connectivity index (χ0v) is 12.3. The molecule has 0 unspecified atom stereocenters. The fourth-order valence-electron chi connectivity index (χ4n) is 2.08. The summed E-state index contributed by atoms with van der Waals surface area (Å²) in [5.41, 5.74) is 2.32. The van der Waals surface area contributed by atoms with Crippen LogP contribution in [0.4, 0.5) is 16.2 Å². The number of nitrogens with zero attached hydrogens (tertiary/aromatic N) is 1. The van der Waals surface area contributed by atoms with E-state index < -0.39 is 6.29 Å². The Morgan fingerprint density at radius 2 is 2.14 bits per heavy atom. The van der Waals surface area contributed by atoms with Crippen molar-refractivity contribution >= 4 is 23.3 Å². The SMILES string of the molecule is COC(CN(C)C(=O)Nc1ccc2c(c1)CC(=O)N2)OC. The first-order valence-corrected chi connectivity index (χ1v) is 6.54. The van der Waals surface area contributed by atoms with Gasteiger partial charge in [0.15, 0.2) is 6.29 Å². The van der Waals surface area contributed by atoms with Gasteiger partial charge in [-0.15, -0.1) is 0 Å². The molecule has 3 amide bonds. The van der Waals surface area contributed by atoms with E-state index in [-0.39, 0.29) is 11.9 Å². The quantitative estimate of drug-likeness (QED) is 0.801. The smallest absolute Gasteiger partial charge is 0.321 e. The second-order valence-corrected chi connectivity index (χ2v) is 4.81. The largest absolute Gasteiger partial charge is 0.354 e. The average molecular weight is 293 g/mol. The normalized spacial score (nSPS) is 13.0. The summed E-state index contributed by atoms with van der Waals surface area (Å²) in [5, 5.41) is 5.52. The second-order valence-electron chi connectivity index (χ2n) is 4.81. The van der Waals surface area contributed by atoms with Crippen LogP contribution in [0.1, 0.15) is 5.56 Å². The number of methoxy groups -OCH3 is 2. The molecule has 0 spiro atoms. The van der Waals surface area contributed by atoms with E-state index in [0.29, 0.717) is 18.7 Å². The minimum Gasteiger partial charge on any atom is -0.354 e. The number of nitrogens with one attached hydrogen (secondary N) is 2. The minimum atomic E-state index is -0.470. The molecular weight excluding hydrogens is 274 g/mol. The fraction of sp³-hybridized carbons (Fsp3) is 0.429. The third-order valence-electron chi connectivity index (χ3n) is 3.28. The van der Waals surface area contributed by atoms with Gasteiger partial charge in [-0.3, -0.25) is 4.79 Å². The molecule has 7 heteroatoms. The van der Waals surface area contributed by atoms with E-state index in [1.165, 1.54) is 19.1 Å². The summed E-state index contributed by atoms with van der Waals surface area (Å²) >= 11 is 0. The van der Waals surface area contributed by atoms with Crippen LogP contribution in [-0.4, -0.2) is 50.9 Å². The Morgan fingerprint density at radius 1 is 1.43 bits per heavy atom. The number of anilines is 2. The van der Waals surface area contributed by atoms with Crippen molar-refractivity contribution in [3.63, 3.8) is 0 Å². The molecule has 1 aromatic carbocycles. The number of hydrogen-bond acceptors (Lipinski definition) is 4. The minimum absolute atomic E-state index is 0.0337. The highest BCUT2D eigenvalue weighted by molar-refractivity contribution is 6.00. The molecule has 1 aromatic rings. The number of hydrogen-bond donors (Lipinski definition) is 2. The van der Waals surface area contributed by atoms with E-state index in [9.17, 15) is 9.59 Å². The molecule has 0 aliphatic carbocycles. The number of amides is 3. The molecule has 21 heavy (non-hydrogen) atoms. The molecule has 0 bridgehead atoms. The maximum atomic E-state index is 12.1. The molecule has 0 radical (unpaired) electrons. The lowest BCUT2D eigenvalue weighted by molar-refractivity contribution is -0.115. The van der Waals surface area contributed by atoms with Crippen molar-refractivity contribution in [1.29, 1.82) is 0 Å². The first-order valence-electron chi connectivity index (χ1n) is 6.54. The van der Waals surface area contributed by atoms with Crippen LogP contribution in [0.3, 0.4) is 0 Å². The maximum Gasteiger partial charge on any atom is 0.321 e. The summed E-state index contributed by atoms with van der Waals surface area (Å²) in [5.74, 6) is -0.0337. The van der Waals surface area contributed by atoms with Gasteiger partial charge in [0.25, 0.3) is 0 Å². The lowest BCUT2D eigenvalue weighted by atomic mass is 10.1. The van der Waals surface area contributed by atoms with E-state index in [0.717, 1.165) is 11.3 Å². The van der Waals surface area contributed by atoms with E-state index in [1.807, 2.05) is 0 Å². The standard InChI is InChI=1S/C14H19N3O4/c1-17(8-13(20-2)21-3)14(19)15-10-4-5-11-9(6-10)7-12(18)16-11/h4-6,13H,7-8H2,1-3H3,(H,15,19)(H,16,18). The topological polar surface area (TPSA) is 79.9 Å². The van der Waals surface area contributed by atoms with Gasteiger partial charge in [0.05, 0.1) is 13.0 Å². The molecule has 114 valence electrons. The van der Waals surface area contributed by atoms with E-state index in [4.69, 9.17) is 9.47 Å². The third-order valence-corrected chi connectivity index (χ3v) is 3.28. The third kappa shape index (κ3) is 3.71. The van der Waals surface area contributed by atoms with Gasteiger partial charge < -0.3 is 25.0 Å². The Labute approximate surface area is 123 Å². The number of carbonyl (C=O) groups excluding carboxylic acids is 2. The lowest BCUT2D eigenvalue weighted by Crippen LogP contribution is -2.38. The second kappa shape index (κ2) is 6.55. The summed E-state index contributed by atoms with van der Waals surface area (Å²) in [6, 6.07) is 5.05. The first kappa shape index (κ1) is 15.3. The molecule has 0 fully saturated rings. The lowest BCUT2D eigenvalue weighted by Gasteiger charge is -2.22. The Morgan fingerprint density at radius 3 is 2.81 bits per heavy atom. The molecule has 2 N–H and O–H groups in total. The molecule has 7 nitrogen and oxygen atoms in total. The van der Waals surface area contributed by atoms with E-state index in [2.05, 4.69) is 10.6 Å². The predicted molar refractivity (Wildman–Crippen MR) is 78.2 cm³/mol. The van der Waals surface area contributed by atoms with Crippen LogP contribution in [0, 0.1) is 0 Å². The predicted octanol–water partition coefficient (Wildman–Crippen LogP) is 1.26. The summed E-state index contributed by atoms with van der Waals surface area (Å²) in [6.07, 6.45) is -0.132. The van der Waals surface area contributed by atoms with Crippen LogP contribution in [0.2, 0.25) is 0 Å². The number of benzene rings is 1. The van der Waals surface area contributed by atoms with Gasteiger partial charge in [0, 0.05) is 32.6 Å². The van der Waals surface area contributed by atoms with Crippen LogP contribution in [0.5, 0.6) is 0 Å². The Balaban J connectivity index is 1.97. The number of urea groups is 1. The highest BCUT2D eigenvalue weighted by atomic mass is 16.7.